The first-order valence-electron chi connectivity index (χ1n) is 10.7. The minimum absolute atomic E-state index is 0.0321. The van der Waals surface area contributed by atoms with Crippen molar-refractivity contribution in [2.24, 2.45) is 0 Å². The van der Waals surface area contributed by atoms with Crippen LogP contribution in [0, 0.1) is 11.6 Å². The largest absolute Gasteiger partial charge is 0.350 e. The maximum absolute atomic E-state index is 15.8. The fourth-order valence-electron chi connectivity index (χ4n) is 4.50. The smallest absolute Gasteiger partial charge is 0.246 e. The fraction of sp³-hybridized carbons (Fsp3) is 0.200. The Bertz CT molecular complexity index is 1460. The quantitative estimate of drug-likeness (QED) is 0.387. The van der Waals surface area contributed by atoms with Crippen LogP contribution in [-0.2, 0) is 4.79 Å². The minimum atomic E-state index is -0.637. The highest BCUT2D eigenvalue weighted by atomic mass is 35.5. The van der Waals surface area contributed by atoms with Crippen LogP contribution in [0.3, 0.4) is 0 Å². The summed E-state index contributed by atoms with van der Waals surface area (Å²) in [5, 5.41) is 1.44. The molecule has 0 spiro atoms. The topological polar surface area (TPSA) is 62.2 Å². The number of halogens is 3. The summed E-state index contributed by atoms with van der Waals surface area (Å²) in [5.41, 5.74) is 0.521. The third-order valence-electron chi connectivity index (χ3n) is 6.18. The van der Waals surface area contributed by atoms with Crippen LogP contribution in [0.15, 0.2) is 55.5 Å². The van der Waals surface area contributed by atoms with Crippen LogP contribution in [0.25, 0.3) is 32.9 Å². The third-order valence-corrected chi connectivity index (χ3v) is 6.55. The Morgan fingerprint density at radius 2 is 2.00 bits per heavy atom. The Morgan fingerprint density at radius 3 is 2.76 bits per heavy atom. The predicted octanol–water partition coefficient (Wildman–Crippen LogP) is 5.00. The number of carbonyl (C=O) groups is 1. The molecule has 172 valence electrons. The van der Waals surface area contributed by atoms with E-state index >= 15 is 4.39 Å². The average molecular weight is 480 g/mol. The molecule has 1 atom stereocenters. The molecule has 6 nitrogen and oxygen atoms in total. The molecule has 1 saturated heterocycles. The molecule has 3 heterocycles. The SMILES string of the molecule is C=CC(=O)N1CCN(c2ncnc3c(F)c(-c4cccc5ccc(F)c(Cl)c45)ncc23)[C@@H](C)C1. The average Bonchev–Trinajstić information content (AvgIpc) is 2.85. The Labute approximate surface area is 199 Å². The van der Waals surface area contributed by atoms with Gasteiger partial charge in [-0.15, -0.1) is 0 Å². The van der Waals surface area contributed by atoms with Crippen molar-refractivity contribution in [2.45, 2.75) is 13.0 Å². The Hall–Kier alpha value is -3.65. The van der Waals surface area contributed by atoms with Gasteiger partial charge in [0.1, 0.15) is 29.2 Å². The van der Waals surface area contributed by atoms with E-state index in [1.807, 2.05) is 11.8 Å². The Kier molecular flexibility index (Phi) is 5.61. The van der Waals surface area contributed by atoms with Crippen LogP contribution >= 0.6 is 11.6 Å². The van der Waals surface area contributed by atoms with Gasteiger partial charge in [0, 0.05) is 42.8 Å². The van der Waals surface area contributed by atoms with E-state index in [2.05, 4.69) is 21.5 Å². The summed E-state index contributed by atoms with van der Waals surface area (Å²) >= 11 is 6.25. The lowest BCUT2D eigenvalue weighted by molar-refractivity contribution is -0.126. The number of nitrogens with zero attached hydrogens (tertiary/aromatic N) is 5. The molecular formula is C25H20ClF2N5O. The number of aromatic nitrogens is 3. The molecule has 2 aromatic carbocycles. The molecule has 0 radical (unpaired) electrons. The molecule has 0 N–H and O–H groups in total. The van der Waals surface area contributed by atoms with Crippen molar-refractivity contribution in [2.75, 3.05) is 24.5 Å². The fourth-order valence-corrected chi connectivity index (χ4v) is 4.78. The zero-order valence-electron chi connectivity index (χ0n) is 18.3. The van der Waals surface area contributed by atoms with Crippen LogP contribution in [0.4, 0.5) is 14.6 Å². The summed E-state index contributed by atoms with van der Waals surface area (Å²) in [6.45, 7) is 7.03. The van der Waals surface area contributed by atoms with Crippen LogP contribution in [0.1, 0.15) is 6.92 Å². The number of fused-ring (bicyclic) bond motifs is 2. The molecule has 9 heteroatoms. The van der Waals surface area contributed by atoms with Crippen molar-refractivity contribution in [3.05, 3.63) is 72.2 Å². The van der Waals surface area contributed by atoms with Gasteiger partial charge in [0.15, 0.2) is 5.82 Å². The first-order chi connectivity index (χ1) is 16.4. The molecule has 1 aliphatic rings. The molecule has 2 aromatic heterocycles. The lowest BCUT2D eigenvalue weighted by Crippen LogP contribution is -2.53. The highest BCUT2D eigenvalue weighted by Crippen LogP contribution is 2.37. The number of pyridine rings is 1. The second-order valence-corrected chi connectivity index (χ2v) is 8.55. The zero-order valence-corrected chi connectivity index (χ0v) is 19.1. The van der Waals surface area contributed by atoms with Gasteiger partial charge in [-0.25, -0.2) is 18.7 Å². The first kappa shape index (κ1) is 22.2. The van der Waals surface area contributed by atoms with Crippen molar-refractivity contribution in [3.8, 4) is 11.3 Å². The maximum atomic E-state index is 15.8. The number of carbonyl (C=O) groups excluding carboxylic acids is 1. The van der Waals surface area contributed by atoms with Gasteiger partial charge < -0.3 is 9.80 Å². The Balaban J connectivity index is 1.61. The summed E-state index contributed by atoms with van der Waals surface area (Å²) in [6, 6.07) is 8.00. The second kappa shape index (κ2) is 8.61. The third kappa shape index (κ3) is 3.54. The number of anilines is 1. The first-order valence-corrected chi connectivity index (χ1v) is 11.1. The number of benzene rings is 2. The van der Waals surface area contributed by atoms with Gasteiger partial charge in [-0.05, 0) is 24.5 Å². The predicted molar refractivity (Wildman–Crippen MR) is 129 cm³/mol. The molecule has 4 aromatic rings. The van der Waals surface area contributed by atoms with Gasteiger partial charge in [-0.1, -0.05) is 42.4 Å². The van der Waals surface area contributed by atoms with Crippen molar-refractivity contribution in [1.82, 2.24) is 19.9 Å². The maximum Gasteiger partial charge on any atom is 0.246 e. The molecule has 34 heavy (non-hydrogen) atoms. The number of rotatable bonds is 3. The molecule has 0 aliphatic carbocycles. The van der Waals surface area contributed by atoms with Gasteiger partial charge in [0.05, 0.1) is 10.4 Å². The number of amides is 1. The van der Waals surface area contributed by atoms with Crippen LogP contribution in [0.2, 0.25) is 5.02 Å². The van der Waals surface area contributed by atoms with Crippen molar-refractivity contribution in [1.29, 1.82) is 0 Å². The van der Waals surface area contributed by atoms with Gasteiger partial charge in [0.2, 0.25) is 5.91 Å². The Morgan fingerprint density at radius 1 is 1.18 bits per heavy atom. The lowest BCUT2D eigenvalue weighted by atomic mass is 10.0. The summed E-state index contributed by atoms with van der Waals surface area (Å²) < 4.78 is 30.0. The zero-order chi connectivity index (χ0) is 24.0. The van der Waals surface area contributed by atoms with Gasteiger partial charge in [0.25, 0.3) is 0 Å². The lowest BCUT2D eigenvalue weighted by Gasteiger charge is -2.40. The summed E-state index contributed by atoms with van der Waals surface area (Å²) in [5.74, 6) is -0.803. The van der Waals surface area contributed by atoms with Crippen LogP contribution in [0.5, 0.6) is 0 Å². The van der Waals surface area contributed by atoms with E-state index in [9.17, 15) is 9.18 Å². The van der Waals surface area contributed by atoms with E-state index in [4.69, 9.17) is 11.6 Å². The molecule has 1 amide bonds. The molecule has 1 aliphatic heterocycles. The van der Waals surface area contributed by atoms with E-state index < -0.39 is 11.6 Å². The second-order valence-electron chi connectivity index (χ2n) is 8.18. The molecule has 0 saturated carbocycles. The minimum Gasteiger partial charge on any atom is -0.350 e. The number of hydrogen-bond acceptors (Lipinski definition) is 5. The van der Waals surface area contributed by atoms with E-state index in [-0.39, 0.29) is 28.2 Å². The van der Waals surface area contributed by atoms with Crippen LogP contribution < -0.4 is 4.90 Å². The summed E-state index contributed by atoms with van der Waals surface area (Å²) in [6.07, 6.45) is 4.14. The van der Waals surface area contributed by atoms with Crippen molar-refractivity contribution < 1.29 is 13.6 Å². The van der Waals surface area contributed by atoms with E-state index in [1.165, 1.54) is 24.7 Å². The standard InChI is InChI=1S/C25H20ClF2N5O/c1-3-19(34)32-9-10-33(14(2)12-32)25-17-11-29-23(22(28)24(17)30-13-31-25)16-6-4-5-15-7-8-18(27)21(26)20(15)16/h3-8,11,13-14H,1,9-10,12H2,2H3/t14-/m0/s1. The van der Waals surface area contributed by atoms with Gasteiger partial charge >= 0.3 is 0 Å². The highest BCUT2D eigenvalue weighted by Gasteiger charge is 2.28. The molecular weight excluding hydrogens is 460 g/mol. The summed E-state index contributed by atoms with van der Waals surface area (Å²) in [7, 11) is 0. The summed E-state index contributed by atoms with van der Waals surface area (Å²) in [4.78, 5) is 28.7. The van der Waals surface area contributed by atoms with Gasteiger partial charge in [-0.2, -0.15) is 0 Å². The molecule has 0 unspecified atom stereocenters. The van der Waals surface area contributed by atoms with Crippen molar-refractivity contribution >= 4 is 45.0 Å². The van der Waals surface area contributed by atoms with Crippen LogP contribution in [-0.4, -0.2) is 51.4 Å². The van der Waals surface area contributed by atoms with E-state index in [1.54, 1.807) is 29.2 Å². The normalized spacial score (nSPS) is 16.3. The number of piperazine rings is 1. The monoisotopic (exact) mass is 479 g/mol. The van der Waals surface area contributed by atoms with Gasteiger partial charge in [-0.3, -0.25) is 9.78 Å². The van der Waals surface area contributed by atoms with E-state index in [0.717, 1.165) is 0 Å². The van der Waals surface area contributed by atoms with E-state index in [0.29, 0.717) is 47.2 Å². The molecule has 5 rings (SSSR count). The number of hydrogen-bond donors (Lipinski definition) is 0. The van der Waals surface area contributed by atoms with Crippen molar-refractivity contribution in [3.63, 3.8) is 0 Å². The highest BCUT2D eigenvalue weighted by molar-refractivity contribution is 6.36. The molecule has 0 bridgehead atoms. The molecule has 1 fully saturated rings.